The van der Waals surface area contributed by atoms with E-state index in [1.807, 2.05) is 19.1 Å². The number of aromatic nitrogens is 3. The lowest BCUT2D eigenvalue weighted by molar-refractivity contribution is 0.102. The molecule has 0 aliphatic heterocycles. The van der Waals surface area contributed by atoms with E-state index in [1.54, 1.807) is 31.6 Å². The van der Waals surface area contributed by atoms with Crippen LogP contribution in [-0.4, -0.2) is 28.0 Å². The van der Waals surface area contributed by atoms with Gasteiger partial charge in [0.2, 0.25) is 0 Å². The summed E-state index contributed by atoms with van der Waals surface area (Å²) in [5.41, 5.74) is 2.36. The predicted octanol–water partition coefficient (Wildman–Crippen LogP) is 2.59. The Morgan fingerprint density at radius 2 is 2.00 bits per heavy atom. The van der Waals surface area contributed by atoms with E-state index in [0.29, 0.717) is 17.0 Å². The van der Waals surface area contributed by atoms with Crippen molar-refractivity contribution in [1.82, 2.24) is 15.0 Å². The van der Waals surface area contributed by atoms with Crippen LogP contribution in [0.5, 0.6) is 5.75 Å². The quantitative estimate of drug-likeness (QED) is 0.803. The van der Waals surface area contributed by atoms with Gasteiger partial charge in [0, 0.05) is 17.8 Å². The third-order valence-corrected chi connectivity index (χ3v) is 3.21. The lowest BCUT2D eigenvalue weighted by atomic mass is 10.1. The number of benzene rings is 1. The molecule has 0 fully saturated rings. The van der Waals surface area contributed by atoms with E-state index in [2.05, 4.69) is 20.3 Å². The molecule has 0 unspecified atom stereocenters. The van der Waals surface area contributed by atoms with Crippen LogP contribution in [0.15, 0.2) is 42.9 Å². The molecule has 0 bridgehead atoms. The van der Waals surface area contributed by atoms with Crippen molar-refractivity contribution in [3.8, 4) is 5.75 Å². The topological polar surface area (TPSA) is 77.0 Å². The predicted molar refractivity (Wildman–Crippen MR) is 83.0 cm³/mol. The van der Waals surface area contributed by atoms with Crippen LogP contribution in [0.4, 0.5) is 5.69 Å². The molecule has 0 atom stereocenters. The van der Waals surface area contributed by atoms with Gasteiger partial charge in [-0.05, 0) is 31.2 Å². The molecule has 0 aliphatic carbocycles. The van der Waals surface area contributed by atoms with E-state index in [9.17, 15) is 4.79 Å². The van der Waals surface area contributed by atoms with Crippen LogP contribution in [0.1, 0.15) is 16.2 Å². The number of carbonyl (C=O) groups is 1. The Labute approximate surface area is 127 Å². The van der Waals surface area contributed by atoms with Crippen molar-refractivity contribution in [1.29, 1.82) is 0 Å². The van der Waals surface area contributed by atoms with Gasteiger partial charge in [0.05, 0.1) is 24.7 Å². The molecule has 0 saturated carbocycles. The second-order valence-electron chi connectivity index (χ2n) is 4.71. The van der Waals surface area contributed by atoms with Crippen molar-refractivity contribution in [2.75, 3.05) is 12.4 Å². The Hall–Kier alpha value is -3.02. The fourth-order valence-electron chi connectivity index (χ4n) is 2.12. The number of carbonyl (C=O) groups excluding carboxylic acids is 1. The molecule has 0 saturated heterocycles. The minimum Gasteiger partial charge on any atom is -0.494 e. The molecule has 22 heavy (non-hydrogen) atoms. The van der Waals surface area contributed by atoms with E-state index in [0.717, 1.165) is 11.1 Å². The summed E-state index contributed by atoms with van der Waals surface area (Å²) in [6, 6.07) is 7.23. The number of amides is 1. The summed E-state index contributed by atoms with van der Waals surface area (Å²) in [7, 11) is 1.59. The van der Waals surface area contributed by atoms with E-state index < -0.39 is 0 Å². The highest BCUT2D eigenvalue weighted by Gasteiger charge is 2.12. The summed E-state index contributed by atoms with van der Waals surface area (Å²) in [4.78, 5) is 24.7. The zero-order chi connectivity index (χ0) is 15.5. The highest BCUT2D eigenvalue weighted by molar-refractivity contribution is 6.08. The molecular weight excluding hydrogens is 280 g/mol. The number of hydrogen-bond donors (Lipinski definition) is 1. The average Bonchev–Trinajstić information content (AvgIpc) is 2.55. The summed E-state index contributed by atoms with van der Waals surface area (Å²) >= 11 is 0. The standard InChI is InChI=1S/C16H14N4O2/c1-10-8-19-13(9-18-10)16(21)20-12-5-6-14(22-2)15-11(12)4-3-7-17-15/h3-9H,1-2H3,(H,20,21). The number of rotatable bonds is 3. The van der Waals surface area contributed by atoms with Gasteiger partial charge in [-0.3, -0.25) is 14.8 Å². The van der Waals surface area contributed by atoms with Crippen LogP contribution in [0.2, 0.25) is 0 Å². The SMILES string of the molecule is COc1ccc(NC(=O)c2cnc(C)cn2)c2cccnc12. The maximum Gasteiger partial charge on any atom is 0.275 e. The Morgan fingerprint density at radius 1 is 1.14 bits per heavy atom. The zero-order valence-corrected chi connectivity index (χ0v) is 12.2. The molecule has 1 N–H and O–H groups in total. The van der Waals surface area contributed by atoms with Gasteiger partial charge in [-0.15, -0.1) is 0 Å². The van der Waals surface area contributed by atoms with Crippen molar-refractivity contribution < 1.29 is 9.53 Å². The van der Waals surface area contributed by atoms with Crippen molar-refractivity contribution in [3.05, 3.63) is 54.2 Å². The normalized spacial score (nSPS) is 10.5. The fraction of sp³-hybridized carbons (Fsp3) is 0.125. The number of aryl methyl sites for hydroxylation is 1. The Kier molecular flexibility index (Phi) is 3.65. The van der Waals surface area contributed by atoms with Gasteiger partial charge >= 0.3 is 0 Å². The summed E-state index contributed by atoms with van der Waals surface area (Å²) in [6.07, 6.45) is 4.69. The van der Waals surface area contributed by atoms with Gasteiger partial charge in [-0.25, -0.2) is 4.98 Å². The molecule has 0 aliphatic rings. The maximum absolute atomic E-state index is 12.3. The second-order valence-corrected chi connectivity index (χ2v) is 4.71. The zero-order valence-electron chi connectivity index (χ0n) is 12.2. The second kappa shape index (κ2) is 5.77. The first-order chi connectivity index (χ1) is 10.7. The van der Waals surface area contributed by atoms with E-state index in [1.165, 1.54) is 6.20 Å². The van der Waals surface area contributed by atoms with Gasteiger partial charge < -0.3 is 10.1 Å². The van der Waals surface area contributed by atoms with E-state index in [-0.39, 0.29) is 11.6 Å². The Morgan fingerprint density at radius 3 is 2.73 bits per heavy atom. The van der Waals surface area contributed by atoms with Gasteiger partial charge in [0.25, 0.3) is 5.91 Å². The van der Waals surface area contributed by atoms with Gasteiger partial charge in [0.15, 0.2) is 0 Å². The van der Waals surface area contributed by atoms with Crippen LogP contribution in [0.25, 0.3) is 10.9 Å². The van der Waals surface area contributed by atoms with Crippen molar-refractivity contribution in [3.63, 3.8) is 0 Å². The number of nitrogens with zero attached hydrogens (tertiary/aromatic N) is 3. The molecule has 3 rings (SSSR count). The molecule has 2 heterocycles. The molecule has 1 amide bonds. The van der Waals surface area contributed by atoms with Crippen LogP contribution in [-0.2, 0) is 0 Å². The van der Waals surface area contributed by atoms with E-state index >= 15 is 0 Å². The molecule has 3 aromatic rings. The number of ether oxygens (including phenoxy) is 1. The highest BCUT2D eigenvalue weighted by atomic mass is 16.5. The minimum absolute atomic E-state index is 0.262. The van der Waals surface area contributed by atoms with Crippen LogP contribution in [0.3, 0.4) is 0 Å². The average molecular weight is 294 g/mol. The third-order valence-electron chi connectivity index (χ3n) is 3.21. The molecular formula is C16H14N4O2. The first-order valence-corrected chi connectivity index (χ1v) is 6.71. The first-order valence-electron chi connectivity index (χ1n) is 6.71. The lowest BCUT2D eigenvalue weighted by Gasteiger charge is -2.10. The summed E-state index contributed by atoms with van der Waals surface area (Å²) in [6.45, 7) is 1.82. The fourth-order valence-corrected chi connectivity index (χ4v) is 2.12. The first kappa shape index (κ1) is 13.9. The molecule has 110 valence electrons. The summed E-state index contributed by atoms with van der Waals surface area (Å²) < 4.78 is 5.29. The maximum atomic E-state index is 12.3. The number of anilines is 1. The van der Waals surface area contributed by atoms with E-state index in [4.69, 9.17) is 4.74 Å². The number of pyridine rings is 1. The number of hydrogen-bond acceptors (Lipinski definition) is 5. The molecule has 6 nitrogen and oxygen atoms in total. The summed E-state index contributed by atoms with van der Waals surface area (Å²) in [5.74, 6) is 0.339. The van der Waals surface area contributed by atoms with Gasteiger partial charge in [-0.1, -0.05) is 0 Å². The van der Waals surface area contributed by atoms with Crippen LogP contribution >= 0.6 is 0 Å². The number of fused-ring (bicyclic) bond motifs is 1. The smallest absolute Gasteiger partial charge is 0.275 e. The van der Waals surface area contributed by atoms with Gasteiger partial charge in [-0.2, -0.15) is 0 Å². The molecule has 0 spiro atoms. The largest absolute Gasteiger partial charge is 0.494 e. The Bertz CT molecular complexity index is 831. The summed E-state index contributed by atoms with van der Waals surface area (Å²) in [5, 5.41) is 3.64. The Balaban J connectivity index is 1.97. The van der Waals surface area contributed by atoms with Crippen molar-refractivity contribution in [2.24, 2.45) is 0 Å². The van der Waals surface area contributed by atoms with Crippen LogP contribution < -0.4 is 10.1 Å². The number of nitrogens with one attached hydrogen (secondary N) is 1. The lowest BCUT2D eigenvalue weighted by Crippen LogP contribution is -2.14. The van der Waals surface area contributed by atoms with Crippen LogP contribution in [0, 0.1) is 6.92 Å². The molecule has 6 heteroatoms. The molecule has 1 aromatic carbocycles. The van der Waals surface area contributed by atoms with Crippen molar-refractivity contribution >= 4 is 22.5 Å². The van der Waals surface area contributed by atoms with Gasteiger partial charge in [0.1, 0.15) is 17.0 Å². The highest BCUT2D eigenvalue weighted by Crippen LogP contribution is 2.29. The van der Waals surface area contributed by atoms with Crippen molar-refractivity contribution in [2.45, 2.75) is 6.92 Å². The number of methoxy groups -OCH3 is 1. The molecule has 2 aromatic heterocycles. The molecule has 0 radical (unpaired) electrons. The third kappa shape index (κ3) is 2.58. The minimum atomic E-state index is -0.317. The monoisotopic (exact) mass is 294 g/mol.